The van der Waals surface area contributed by atoms with Gasteiger partial charge in [-0.1, -0.05) is 20.8 Å². The Hall–Kier alpha value is -1.13. The van der Waals surface area contributed by atoms with E-state index in [1.165, 1.54) is 5.56 Å². The SMILES string of the molecule is CCC1CN(c2cc(CNC(C)C)ccn2)CCO1. The zero-order chi connectivity index (χ0) is 13.7. The van der Waals surface area contributed by atoms with Gasteiger partial charge >= 0.3 is 0 Å². The average molecular weight is 263 g/mol. The minimum Gasteiger partial charge on any atom is -0.375 e. The molecule has 0 radical (unpaired) electrons. The van der Waals surface area contributed by atoms with Gasteiger partial charge in [0.25, 0.3) is 0 Å². The molecule has 1 atom stereocenters. The molecule has 0 spiro atoms. The second-order valence-corrected chi connectivity index (χ2v) is 5.40. The van der Waals surface area contributed by atoms with Crippen LogP contribution in [0.5, 0.6) is 0 Å². The van der Waals surface area contributed by atoms with Crippen LogP contribution in [0.2, 0.25) is 0 Å². The van der Waals surface area contributed by atoms with E-state index in [-0.39, 0.29) is 0 Å². The van der Waals surface area contributed by atoms with Crippen LogP contribution in [0.3, 0.4) is 0 Å². The lowest BCUT2D eigenvalue weighted by molar-refractivity contribution is 0.0381. The third-order valence-electron chi connectivity index (χ3n) is 3.44. The molecular formula is C15H25N3O. The van der Waals surface area contributed by atoms with Crippen LogP contribution in [0.1, 0.15) is 32.8 Å². The van der Waals surface area contributed by atoms with Crippen molar-refractivity contribution in [1.29, 1.82) is 0 Å². The van der Waals surface area contributed by atoms with Gasteiger partial charge in [-0.05, 0) is 24.1 Å². The van der Waals surface area contributed by atoms with Gasteiger partial charge in [-0.3, -0.25) is 0 Å². The molecule has 1 aliphatic heterocycles. The fraction of sp³-hybridized carbons (Fsp3) is 0.667. The molecule has 0 saturated carbocycles. The summed E-state index contributed by atoms with van der Waals surface area (Å²) in [6, 6.07) is 4.77. The minimum absolute atomic E-state index is 0.341. The molecule has 1 aromatic heterocycles. The molecule has 0 aliphatic carbocycles. The Morgan fingerprint density at radius 1 is 1.53 bits per heavy atom. The van der Waals surface area contributed by atoms with E-state index >= 15 is 0 Å². The van der Waals surface area contributed by atoms with Gasteiger partial charge in [0.05, 0.1) is 12.7 Å². The van der Waals surface area contributed by atoms with Crippen LogP contribution in [0, 0.1) is 0 Å². The highest BCUT2D eigenvalue weighted by Crippen LogP contribution is 2.17. The molecule has 1 fully saturated rings. The van der Waals surface area contributed by atoms with Crippen LogP contribution in [-0.2, 0) is 11.3 Å². The lowest BCUT2D eigenvalue weighted by Gasteiger charge is -2.33. The molecule has 1 saturated heterocycles. The zero-order valence-corrected chi connectivity index (χ0v) is 12.2. The summed E-state index contributed by atoms with van der Waals surface area (Å²) in [6.07, 6.45) is 3.31. The third kappa shape index (κ3) is 4.18. The van der Waals surface area contributed by atoms with Crippen molar-refractivity contribution in [2.75, 3.05) is 24.6 Å². The van der Waals surface area contributed by atoms with Crippen molar-refractivity contribution in [2.24, 2.45) is 0 Å². The first-order chi connectivity index (χ1) is 9.19. The van der Waals surface area contributed by atoms with Crippen LogP contribution in [0.15, 0.2) is 18.3 Å². The maximum Gasteiger partial charge on any atom is 0.128 e. The highest BCUT2D eigenvalue weighted by atomic mass is 16.5. The molecule has 0 aromatic carbocycles. The molecule has 1 unspecified atom stereocenters. The summed E-state index contributed by atoms with van der Waals surface area (Å²) < 4.78 is 5.71. The van der Waals surface area contributed by atoms with Gasteiger partial charge in [-0.2, -0.15) is 0 Å². The molecular weight excluding hydrogens is 238 g/mol. The molecule has 1 N–H and O–H groups in total. The molecule has 0 bridgehead atoms. The number of rotatable bonds is 5. The number of aromatic nitrogens is 1. The summed E-state index contributed by atoms with van der Waals surface area (Å²) in [5.74, 6) is 1.07. The van der Waals surface area contributed by atoms with Crippen LogP contribution >= 0.6 is 0 Å². The highest BCUT2D eigenvalue weighted by molar-refractivity contribution is 5.41. The molecule has 4 nitrogen and oxygen atoms in total. The quantitative estimate of drug-likeness (QED) is 0.883. The van der Waals surface area contributed by atoms with E-state index < -0.39 is 0 Å². The van der Waals surface area contributed by atoms with Crippen LogP contribution in [0.25, 0.3) is 0 Å². The number of anilines is 1. The average Bonchev–Trinajstić information content (AvgIpc) is 2.45. The van der Waals surface area contributed by atoms with E-state index in [4.69, 9.17) is 4.74 Å². The number of nitrogens with one attached hydrogen (secondary N) is 1. The number of ether oxygens (including phenoxy) is 1. The summed E-state index contributed by atoms with van der Waals surface area (Å²) in [4.78, 5) is 6.83. The number of morpholine rings is 1. The summed E-state index contributed by atoms with van der Waals surface area (Å²) in [5, 5.41) is 3.44. The van der Waals surface area contributed by atoms with Gasteiger partial charge in [0.15, 0.2) is 0 Å². The second kappa shape index (κ2) is 6.87. The van der Waals surface area contributed by atoms with Gasteiger partial charge < -0.3 is 15.0 Å². The van der Waals surface area contributed by atoms with Crippen molar-refractivity contribution >= 4 is 5.82 Å². The van der Waals surface area contributed by atoms with Crippen molar-refractivity contribution in [3.63, 3.8) is 0 Å². The largest absolute Gasteiger partial charge is 0.375 e. The first kappa shape index (κ1) is 14.3. The lowest BCUT2D eigenvalue weighted by Crippen LogP contribution is -2.42. The Bertz CT molecular complexity index is 395. The highest BCUT2D eigenvalue weighted by Gasteiger charge is 2.19. The van der Waals surface area contributed by atoms with Crippen molar-refractivity contribution in [1.82, 2.24) is 10.3 Å². The van der Waals surface area contributed by atoms with Crippen molar-refractivity contribution in [3.8, 4) is 0 Å². The van der Waals surface area contributed by atoms with Gasteiger partial charge in [0.1, 0.15) is 5.82 Å². The number of pyridine rings is 1. The first-order valence-corrected chi connectivity index (χ1v) is 7.24. The molecule has 106 valence electrons. The summed E-state index contributed by atoms with van der Waals surface area (Å²) >= 11 is 0. The van der Waals surface area contributed by atoms with Crippen molar-refractivity contribution in [2.45, 2.75) is 45.9 Å². The van der Waals surface area contributed by atoms with E-state index in [2.05, 4.69) is 48.1 Å². The Labute approximate surface area is 116 Å². The topological polar surface area (TPSA) is 37.4 Å². The van der Waals surface area contributed by atoms with Crippen molar-refractivity contribution in [3.05, 3.63) is 23.9 Å². The Morgan fingerprint density at radius 2 is 2.37 bits per heavy atom. The Morgan fingerprint density at radius 3 is 3.11 bits per heavy atom. The van der Waals surface area contributed by atoms with E-state index in [9.17, 15) is 0 Å². The summed E-state index contributed by atoms with van der Waals surface area (Å²) in [6.45, 7) is 10.1. The third-order valence-corrected chi connectivity index (χ3v) is 3.44. The summed E-state index contributed by atoms with van der Waals surface area (Å²) in [5.41, 5.74) is 1.29. The zero-order valence-electron chi connectivity index (χ0n) is 12.2. The fourth-order valence-corrected chi connectivity index (χ4v) is 2.24. The summed E-state index contributed by atoms with van der Waals surface area (Å²) in [7, 11) is 0. The molecule has 1 aliphatic rings. The molecule has 0 amide bonds. The van der Waals surface area contributed by atoms with Gasteiger partial charge in [-0.15, -0.1) is 0 Å². The van der Waals surface area contributed by atoms with Gasteiger partial charge in [0, 0.05) is 31.9 Å². The Kier molecular flexibility index (Phi) is 5.16. The van der Waals surface area contributed by atoms with E-state index in [1.807, 2.05) is 6.20 Å². The first-order valence-electron chi connectivity index (χ1n) is 7.24. The predicted molar refractivity (Wildman–Crippen MR) is 78.5 cm³/mol. The number of hydrogen-bond acceptors (Lipinski definition) is 4. The second-order valence-electron chi connectivity index (χ2n) is 5.40. The molecule has 4 heteroatoms. The minimum atomic E-state index is 0.341. The van der Waals surface area contributed by atoms with E-state index in [0.29, 0.717) is 12.1 Å². The van der Waals surface area contributed by atoms with Gasteiger partial charge in [0.2, 0.25) is 0 Å². The van der Waals surface area contributed by atoms with Gasteiger partial charge in [-0.25, -0.2) is 4.98 Å². The van der Waals surface area contributed by atoms with Crippen LogP contribution < -0.4 is 10.2 Å². The number of hydrogen-bond donors (Lipinski definition) is 1. The monoisotopic (exact) mass is 263 g/mol. The van der Waals surface area contributed by atoms with Crippen LogP contribution in [-0.4, -0.2) is 36.8 Å². The van der Waals surface area contributed by atoms with E-state index in [0.717, 1.165) is 38.5 Å². The Balaban J connectivity index is 2.01. The standard InChI is InChI=1S/C15H25N3O/c1-4-14-11-18(7-8-19-14)15-9-13(5-6-16-15)10-17-12(2)3/h5-6,9,12,14,17H,4,7-8,10-11H2,1-3H3. The molecule has 1 aromatic rings. The van der Waals surface area contributed by atoms with E-state index in [1.54, 1.807) is 0 Å². The fourth-order valence-electron chi connectivity index (χ4n) is 2.24. The smallest absolute Gasteiger partial charge is 0.128 e. The number of nitrogens with zero attached hydrogens (tertiary/aromatic N) is 2. The maximum atomic E-state index is 5.71. The van der Waals surface area contributed by atoms with Crippen LogP contribution in [0.4, 0.5) is 5.82 Å². The maximum absolute atomic E-state index is 5.71. The molecule has 2 heterocycles. The van der Waals surface area contributed by atoms with Crippen molar-refractivity contribution < 1.29 is 4.74 Å². The molecule has 2 rings (SSSR count). The molecule has 19 heavy (non-hydrogen) atoms. The normalized spacial score (nSPS) is 20.0. The predicted octanol–water partition coefficient (Wildman–Crippen LogP) is 2.19. The lowest BCUT2D eigenvalue weighted by atomic mass is 10.2.